The van der Waals surface area contributed by atoms with Gasteiger partial charge in [-0.1, -0.05) is 64.5 Å². The second-order valence-corrected chi connectivity index (χ2v) is 12.4. The van der Waals surface area contributed by atoms with E-state index < -0.39 is 0 Å². The van der Waals surface area contributed by atoms with E-state index in [9.17, 15) is 4.79 Å². The molecule has 0 saturated heterocycles. The number of halogens is 1. The minimum atomic E-state index is -0.320. The molecule has 0 amide bonds. The molecule has 0 spiro atoms. The first kappa shape index (κ1) is 25.4. The minimum Gasteiger partial charge on any atom is -0.489 e. The Morgan fingerprint density at radius 2 is 1.66 bits per heavy atom. The highest BCUT2D eigenvalue weighted by atomic mass is 79.9. The third-order valence-corrected chi connectivity index (χ3v) is 9.49. The first-order valence-corrected chi connectivity index (χ1v) is 14.8. The lowest BCUT2D eigenvalue weighted by molar-refractivity contribution is -0.137. The van der Waals surface area contributed by atoms with Gasteiger partial charge in [0.15, 0.2) is 0 Å². The zero-order valence-corrected chi connectivity index (χ0v) is 23.6. The van der Waals surface area contributed by atoms with Crippen LogP contribution >= 0.6 is 15.9 Å². The lowest BCUT2D eigenvalue weighted by Crippen LogP contribution is -2.48. The van der Waals surface area contributed by atoms with Crippen LogP contribution in [0.3, 0.4) is 0 Å². The second-order valence-electron chi connectivity index (χ2n) is 11.5. The zero-order valence-electron chi connectivity index (χ0n) is 22.0. The summed E-state index contributed by atoms with van der Waals surface area (Å²) in [5.41, 5.74) is 6.14. The Labute approximate surface area is 234 Å². The van der Waals surface area contributed by atoms with E-state index in [1.165, 1.54) is 61.3 Å². The lowest BCUT2D eigenvalue weighted by atomic mass is 9.48. The summed E-state index contributed by atoms with van der Waals surface area (Å²) in [6.07, 6.45) is 11.4. The Morgan fingerprint density at radius 3 is 2.32 bits per heavy atom. The van der Waals surface area contributed by atoms with E-state index in [0.29, 0.717) is 13.2 Å². The molecule has 3 nitrogen and oxygen atoms in total. The summed E-state index contributed by atoms with van der Waals surface area (Å²) in [5, 5.41) is 0. The molecule has 4 aliphatic carbocycles. The minimum absolute atomic E-state index is 0.228. The quantitative estimate of drug-likeness (QED) is 0.200. The van der Waals surface area contributed by atoms with Crippen molar-refractivity contribution in [2.24, 2.45) is 17.8 Å². The van der Waals surface area contributed by atoms with E-state index in [1.807, 2.05) is 6.92 Å². The van der Waals surface area contributed by atoms with E-state index in [4.69, 9.17) is 9.47 Å². The van der Waals surface area contributed by atoms with Crippen molar-refractivity contribution in [3.63, 3.8) is 0 Å². The molecule has 0 N–H and O–H groups in total. The van der Waals surface area contributed by atoms with Crippen LogP contribution in [-0.2, 0) is 21.6 Å². The number of carbonyl (C=O) groups excluding carboxylic acids is 1. The van der Waals surface area contributed by atoms with Crippen LogP contribution in [0.25, 0.3) is 17.2 Å². The summed E-state index contributed by atoms with van der Waals surface area (Å²) >= 11 is 3.81. The van der Waals surface area contributed by atoms with Gasteiger partial charge in [-0.25, -0.2) is 4.79 Å². The van der Waals surface area contributed by atoms with Crippen LogP contribution in [0.15, 0.2) is 77.3 Å². The molecule has 196 valence electrons. The maximum absolute atomic E-state index is 11.7. The van der Waals surface area contributed by atoms with Gasteiger partial charge in [0.1, 0.15) is 12.4 Å². The normalized spacial score (nSPS) is 25.6. The molecular weight excluding hydrogens is 536 g/mol. The van der Waals surface area contributed by atoms with Crippen LogP contribution in [0.4, 0.5) is 0 Å². The summed E-state index contributed by atoms with van der Waals surface area (Å²) in [5.74, 6) is 3.32. The monoisotopic (exact) mass is 570 g/mol. The number of rotatable bonds is 8. The molecule has 4 heteroatoms. The van der Waals surface area contributed by atoms with E-state index in [0.717, 1.165) is 39.1 Å². The molecule has 3 aromatic carbocycles. The van der Waals surface area contributed by atoms with Crippen molar-refractivity contribution in [2.75, 3.05) is 6.61 Å². The molecule has 0 unspecified atom stereocenters. The van der Waals surface area contributed by atoms with Gasteiger partial charge < -0.3 is 9.47 Å². The number of carbonyl (C=O) groups is 1. The van der Waals surface area contributed by atoms with Gasteiger partial charge in [0, 0.05) is 16.1 Å². The molecule has 38 heavy (non-hydrogen) atoms. The average Bonchev–Trinajstić information content (AvgIpc) is 2.91. The first-order valence-electron chi connectivity index (χ1n) is 14.0. The molecule has 4 fully saturated rings. The summed E-state index contributed by atoms with van der Waals surface area (Å²) in [6, 6.07) is 23.5. The Morgan fingerprint density at radius 1 is 0.947 bits per heavy atom. The van der Waals surface area contributed by atoms with Gasteiger partial charge >= 0.3 is 5.97 Å². The fraction of sp³-hybridized carbons (Fsp3) is 0.382. The molecule has 0 aromatic heterocycles. The molecular formula is C34H35BrO3. The molecule has 0 radical (unpaired) electrons. The van der Waals surface area contributed by atoms with Crippen molar-refractivity contribution in [1.29, 1.82) is 0 Å². The number of ether oxygens (including phenoxy) is 2. The topological polar surface area (TPSA) is 35.5 Å². The van der Waals surface area contributed by atoms with Crippen molar-refractivity contribution < 1.29 is 14.3 Å². The number of benzene rings is 3. The van der Waals surface area contributed by atoms with Crippen molar-refractivity contribution in [2.45, 2.75) is 57.5 Å². The Hall–Kier alpha value is -2.85. The first-order chi connectivity index (χ1) is 18.5. The summed E-state index contributed by atoms with van der Waals surface area (Å²) < 4.78 is 12.6. The molecule has 3 aromatic rings. The van der Waals surface area contributed by atoms with Gasteiger partial charge in [-0.2, -0.15) is 0 Å². The Kier molecular flexibility index (Phi) is 7.18. The van der Waals surface area contributed by atoms with Gasteiger partial charge in [-0.05, 0) is 115 Å². The standard InChI is InChI=1S/C34H35BrO3/c1-2-37-33(36)13-9-23-8-11-29(31(35)17-23)28-10-12-32(38-22-24-6-4-3-5-7-24)30(18-28)34-19-25-14-26(20-34)16-27(15-25)21-34/h3-13,17-18,25-27H,2,14-16,19-22H2,1H3/b13-9+. The van der Waals surface area contributed by atoms with Gasteiger partial charge in [0.05, 0.1) is 6.61 Å². The maximum atomic E-state index is 11.7. The van der Waals surface area contributed by atoms with Crippen LogP contribution < -0.4 is 4.74 Å². The van der Waals surface area contributed by atoms with Gasteiger partial charge in [0.25, 0.3) is 0 Å². The largest absolute Gasteiger partial charge is 0.489 e. The van der Waals surface area contributed by atoms with E-state index in [-0.39, 0.29) is 11.4 Å². The molecule has 0 heterocycles. The highest BCUT2D eigenvalue weighted by Gasteiger charge is 2.52. The SMILES string of the molecule is CCOC(=O)/C=C/c1ccc(-c2ccc(OCc3ccccc3)c(C34CC5CC(CC(C5)C3)C4)c2)c(Br)c1. The van der Waals surface area contributed by atoms with Crippen molar-refractivity contribution in [1.82, 2.24) is 0 Å². The van der Waals surface area contributed by atoms with Gasteiger partial charge in [-0.3, -0.25) is 0 Å². The average molecular weight is 572 g/mol. The van der Waals surface area contributed by atoms with E-state index >= 15 is 0 Å². The summed E-state index contributed by atoms with van der Waals surface area (Å²) in [4.78, 5) is 11.7. The summed E-state index contributed by atoms with van der Waals surface area (Å²) in [7, 11) is 0. The number of hydrogen-bond donors (Lipinski definition) is 0. The van der Waals surface area contributed by atoms with Gasteiger partial charge in [-0.15, -0.1) is 0 Å². The second kappa shape index (κ2) is 10.7. The van der Waals surface area contributed by atoms with Gasteiger partial charge in [0.2, 0.25) is 0 Å². The third kappa shape index (κ3) is 5.20. The molecule has 7 rings (SSSR count). The van der Waals surface area contributed by atoms with Crippen LogP contribution in [0, 0.1) is 17.8 Å². The van der Waals surface area contributed by atoms with Crippen molar-refractivity contribution in [3.8, 4) is 16.9 Å². The van der Waals surface area contributed by atoms with Crippen LogP contribution in [0.2, 0.25) is 0 Å². The van der Waals surface area contributed by atoms with E-state index in [2.05, 4.69) is 82.7 Å². The van der Waals surface area contributed by atoms with Crippen LogP contribution in [0.1, 0.15) is 62.1 Å². The molecule has 4 saturated carbocycles. The van der Waals surface area contributed by atoms with E-state index in [1.54, 1.807) is 6.08 Å². The Bertz CT molecular complexity index is 1310. The lowest BCUT2D eigenvalue weighted by Gasteiger charge is -2.57. The smallest absolute Gasteiger partial charge is 0.330 e. The number of esters is 1. The number of hydrogen-bond acceptors (Lipinski definition) is 3. The maximum Gasteiger partial charge on any atom is 0.330 e. The fourth-order valence-electron chi connectivity index (χ4n) is 7.64. The molecule has 4 aliphatic rings. The predicted molar refractivity (Wildman–Crippen MR) is 156 cm³/mol. The van der Waals surface area contributed by atoms with Crippen molar-refractivity contribution >= 4 is 28.0 Å². The van der Waals surface area contributed by atoms with Crippen molar-refractivity contribution in [3.05, 3.63) is 94.0 Å². The fourth-order valence-corrected chi connectivity index (χ4v) is 8.26. The molecule has 4 bridgehead atoms. The van der Waals surface area contributed by atoms with Crippen LogP contribution in [0.5, 0.6) is 5.75 Å². The summed E-state index contributed by atoms with van der Waals surface area (Å²) in [6.45, 7) is 2.78. The highest BCUT2D eigenvalue weighted by molar-refractivity contribution is 9.10. The highest BCUT2D eigenvalue weighted by Crippen LogP contribution is 2.62. The predicted octanol–water partition coefficient (Wildman–Crippen LogP) is 8.74. The molecule has 0 aliphatic heterocycles. The van der Waals surface area contributed by atoms with Crippen LogP contribution in [-0.4, -0.2) is 12.6 Å². The Balaban J connectivity index is 1.34. The zero-order chi connectivity index (χ0) is 26.1. The third-order valence-electron chi connectivity index (χ3n) is 8.83. The molecule has 0 atom stereocenters.